The molecule has 2 fully saturated rings. The van der Waals surface area contributed by atoms with Gasteiger partial charge in [-0.15, -0.1) is 33.3 Å². The Labute approximate surface area is 179 Å². The van der Waals surface area contributed by atoms with Gasteiger partial charge >= 0.3 is 0 Å². The number of rotatable bonds is 6. The number of benzene rings is 1. The molecule has 152 valence electrons. The quantitative estimate of drug-likeness (QED) is 0.485. The Morgan fingerprint density at radius 1 is 1.24 bits per heavy atom. The number of morpholine rings is 1. The summed E-state index contributed by atoms with van der Waals surface area (Å²) in [6, 6.07) is 4.09. The lowest BCUT2D eigenvalue weighted by atomic mass is 10.0. The number of nitrogens with zero attached hydrogens (tertiary/aromatic N) is 5. The van der Waals surface area contributed by atoms with Gasteiger partial charge in [0.1, 0.15) is 0 Å². The number of anilines is 1. The van der Waals surface area contributed by atoms with E-state index >= 15 is 0 Å². The molecule has 2 aliphatic heterocycles. The van der Waals surface area contributed by atoms with E-state index in [4.69, 9.17) is 9.72 Å². The van der Waals surface area contributed by atoms with Gasteiger partial charge in [0, 0.05) is 64.9 Å². The van der Waals surface area contributed by atoms with Gasteiger partial charge < -0.3 is 19.5 Å². The maximum absolute atomic E-state index is 10.1. The van der Waals surface area contributed by atoms with Crippen LogP contribution in [0.3, 0.4) is 0 Å². The van der Waals surface area contributed by atoms with Crippen molar-refractivity contribution in [2.24, 2.45) is 0 Å². The largest absolute Gasteiger partial charge is 0.378 e. The van der Waals surface area contributed by atoms with E-state index in [-0.39, 0.29) is 0 Å². The summed E-state index contributed by atoms with van der Waals surface area (Å²) >= 11 is 4.09. The number of H-pyrrole nitrogens is 1. The summed E-state index contributed by atoms with van der Waals surface area (Å²) in [5.74, 6) is 0.451. The van der Waals surface area contributed by atoms with Crippen LogP contribution in [0.2, 0.25) is 0 Å². The van der Waals surface area contributed by atoms with Crippen molar-refractivity contribution in [3.8, 4) is 22.6 Å². The van der Waals surface area contributed by atoms with Crippen molar-refractivity contribution < 1.29 is 9.29 Å². The summed E-state index contributed by atoms with van der Waals surface area (Å²) in [6.45, 7) is 5.05. The molecule has 0 radical (unpaired) electrons. The lowest BCUT2D eigenvalue weighted by Crippen LogP contribution is -2.44. The molecule has 0 aliphatic carbocycles. The Morgan fingerprint density at radius 2 is 2.10 bits per heavy atom. The third kappa shape index (κ3) is 3.88. The first-order valence-electron chi connectivity index (χ1n) is 9.21. The molecule has 5 rings (SSSR count). The van der Waals surface area contributed by atoms with Crippen LogP contribution in [0.4, 0.5) is 5.13 Å². The molecular weight excluding hydrogens is 430 g/mol. The second-order valence-electron chi connectivity index (χ2n) is 6.65. The third-order valence-electron chi connectivity index (χ3n) is 4.87. The Bertz CT molecular complexity index is 972. The second kappa shape index (κ2) is 8.58. The monoisotopic (exact) mass is 449 g/mol. The van der Waals surface area contributed by atoms with E-state index in [2.05, 4.69) is 30.8 Å². The molecule has 2 aromatic heterocycles. The molecule has 3 aromatic rings. The Kier molecular flexibility index (Phi) is 5.70. The molecule has 12 heteroatoms. The molecule has 0 unspecified atom stereocenters. The maximum atomic E-state index is 10.1. The summed E-state index contributed by atoms with van der Waals surface area (Å²) in [7, 11) is 0. The van der Waals surface area contributed by atoms with E-state index in [1.807, 2.05) is 17.5 Å². The first-order chi connectivity index (χ1) is 14.3. The van der Waals surface area contributed by atoms with Crippen molar-refractivity contribution in [2.45, 2.75) is 15.0 Å². The third-order valence-corrected chi connectivity index (χ3v) is 7.77. The fourth-order valence-corrected chi connectivity index (χ4v) is 5.97. The molecule has 2 saturated heterocycles. The van der Waals surface area contributed by atoms with Crippen molar-refractivity contribution in [1.82, 2.24) is 30.9 Å². The summed E-state index contributed by atoms with van der Waals surface area (Å²) in [4.78, 5) is 8.85. The van der Waals surface area contributed by atoms with Gasteiger partial charge in [-0.2, -0.15) is 5.21 Å². The Morgan fingerprint density at radius 3 is 2.79 bits per heavy atom. The van der Waals surface area contributed by atoms with Gasteiger partial charge in [-0.05, 0) is 11.3 Å². The van der Waals surface area contributed by atoms with E-state index < -0.39 is 0 Å². The van der Waals surface area contributed by atoms with Crippen LogP contribution in [0, 0.1) is 0 Å². The van der Waals surface area contributed by atoms with Crippen LogP contribution >= 0.6 is 35.1 Å². The topological polar surface area (TPSA) is 112 Å². The number of thiazole rings is 1. The first-order valence-corrected chi connectivity index (χ1v) is 11.7. The molecule has 0 saturated carbocycles. The van der Waals surface area contributed by atoms with E-state index in [0.29, 0.717) is 11.1 Å². The highest BCUT2D eigenvalue weighted by atomic mass is 32.2. The molecule has 9 nitrogen and oxygen atoms in total. The van der Waals surface area contributed by atoms with Crippen molar-refractivity contribution in [2.75, 3.05) is 44.3 Å². The van der Waals surface area contributed by atoms with Gasteiger partial charge in [-0.3, -0.25) is 0 Å². The second-order valence-corrected chi connectivity index (χ2v) is 9.42. The number of aromatic amines is 1. The van der Waals surface area contributed by atoms with Gasteiger partial charge in [-0.25, -0.2) is 4.98 Å². The minimum Gasteiger partial charge on any atom is -0.378 e. The highest BCUT2D eigenvalue weighted by Gasteiger charge is 2.26. The van der Waals surface area contributed by atoms with Gasteiger partial charge in [0.15, 0.2) is 5.13 Å². The van der Waals surface area contributed by atoms with Crippen molar-refractivity contribution >= 4 is 40.3 Å². The average Bonchev–Trinajstić information content (AvgIpc) is 3.43. The minimum atomic E-state index is 0.451. The molecule has 0 amide bonds. The van der Waals surface area contributed by atoms with Crippen LogP contribution < -0.4 is 10.2 Å². The SMILES string of the molecule is OSc1c(SC2CNC2)ccc(-c2csc(N3CCOCC3)n2)c1-c1nn[nH]n1. The van der Waals surface area contributed by atoms with E-state index in [1.54, 1.807) is 23.1 Å². The molecular formula is C17H19N7O2S3. The number of tetrazole rings is 1. The van der Waals surface area contributed by atoms with Crippen LogP contribution in [-0.2, 0) is 4.74 Å². The maximum Gasteiger partial charge on any atom is 0.206 e. The smallest absolute Gasteiger partial charge is 0.206 e. The normalized spacial score (nSPS) is 17.5. The summed E-state index contributed by atoms with van der Waals surface area (Å²) in [5.41, 5.74) is 2.48. The van der Waals surface area contributed by atoms with Crippen molar-refractivity contribution in [3.63, 3.8) is 0 Å². The van der Waals surface area contributed by atoms with Crippen LogP contribution in [-0.4, -0.2) is 74.8 Å². The summed E-state index contributed by atoms with van der Waals surface area (Å²) in [6.07, 6.45) is 0. The minimum absolute atomic E-state index is 0.451. The zero-order valence-corrected chi connectivity index (χ0v) is 17.8. The summed E-state index contributed by atoms with van der Waals surface area (Å²) < 4.78 is 15.6. The van der Waals surface area contributed by atoms with E-state index in [9.17, 15) is 4.55 Å². The number of thioether (sulfide) groups is 1. The Balaban J connectivity index is 1.56. The zero-order valence-electron chi connectivity index (χ0n) is 15.4. The number of hydrogen-bond acceptors (Lipinski definition) is 11. The number of ether oxygens (including phenoxy) is 1. The van der Waals surface area contributed by atoms with Gasteiger partial charge in [-0.1, -0.05) is 6.07 Å². The predicted molar refractivity (Wildman–Crippen MR) is 115 cm³/mol. The van der Waals surface area contributed by atoms with Crippen molar-refractivity contribution in [1.29, 1.82) is 0 Å². The van der Waals surface area contributed by atoms with Crippen molar-refractivity contribution in [3.05, 3.63) is 17.5 Å². The number of hydrogen-bond donors (Lipinski definition) is 3. The molecule has 0 atom stereocenters. The van der Waals surface area contributed by atoms with Gasteiger partial charge in [0.05, 0.1) is 23.8 Å². The number of nitrogens with one attached hydrogen (secondary N) is 2. The average molecular weight is 450 g/mol. The first kappa shape index (κ1) is 19.3. The summed E-state index contributed by atoms with van der Waals surface area (Å²) in [5, 5.41) is 21.4. The molecule has 29 heavy (non-hydrogen) atoms. The molecule has 4 heterocycles. The van der Waals surface area contributed by atoms with Crippen LogP contribution in [0.5, 0.6) is 0 Å². The zero-order chi connectivity index (χ0) is 19.6. The van der Waals surface area contributed by atoms with Crippen LogP contribution in [0.25, 0.3) is 22.6 Å². The molecule has 1 aromatic carbocycles. The van der Waals surface area contributed by atoms with Crippen LogP contribution in [0.1, 0.15) is 0 Å². The van der Waals surface area contributed by atoms with E-state index in [1.165, 1.54) is 0 Å². The molecule has 2 aliphatic rings. The molecule has 3 N–H and O–H groups in total. The lowest BCUT2D eigenvalue weighted by Gasteiger charge is -2.27. The predicted octanol–water partition coefficient (Wildman–Crippen LogP) is 2.46. The lowest BCUT2D eigenvalue weighted by molar-refractivity contribution is 0.122. The standard InChI is InChI=1S/C17H19N7O2S3/c25-29-15-13(28-10-7-18-8-10)2-1-11(14(15)16-20-22-23-21-16)12-9-27-17(19-12)24-3-5-26-6-4-24/h1-2,9-10,18,25H,3-8H2,(H,20,21,22,23). The fourth-order valence-electron chi connectivity index (χ4n) is 3.26. The van der Waals surface area contributed by atoms with Crippen LogP contribution in [0.15, 0.2) is 27.3 Å². The molecule has 0 spiro atoms. The molecule has 0 bridgehead atoms. The number of aromatic nitrogens is 5. The Hall–Kier alpha value is -1.70. The fraction of sp³-hybridized carbons (Fsp3) is 0.412. The highest BCUT2D eigenvalue weighted by molar-refractivity contribution is 8.01. The van der Waals surface area contributed by atoms with Gasteiger partial charge in [0.2, 0.25) is 5.82 Å². The van der Waals surface area contributed by atoms with E-state index in [0.717, 1.165) is 83.2 Å². The van der Waals surface area contributed by atoms with Gasteiger partial charge in [0.25, 0.3) is 0 Å². The highest BCUT2D eigenvalue weighted by Crippen LogP contribution is 2.44.